The van der Waals surface area contributed by atoms with Crippen LogP contribution in [0.3, 0.4) is 0 Å². The lowest BCUT2D eigenvalue weighted by molar-refractivity contribution is 0.372. The summed E-state index contributed by atoms with van der Waals surface area (Å²) in [6.07, 6.45) is 3.40. The number of halogens is 1. The number of para-hydroxylation sites is 1. The summed E-state index contributed by atoms with van der Waals surface area (Å²) in [7, 11) is 1.47. The molecule has 0 saturated carbocycles. The molecule has 3 aromatic rings. The van der Waals surface area contributed by atoms with E-state index in [0.717, 1.165) is 5.56 Å². The largest absolute Gasteiger partial charge is 0.507 e. The molecule has 2 aromatic carbocycles. The average Bonchev–Trinajstić information content (AvgIpc) is 2.62. The van der Waals surface area contributed by atoms with Gasteiger partial charge in [0.25, 0.3) is 0 Å². The number of hydrogen-bond acceptors (Lipinski definition) is 7. The molecule has 26 heavy (non-hydrogen) atoms. The van der Waals surface area contributed by atoms with Crippen molar-refractivity contribution in [2.45, 2.75) is 0 Å². The number of nitrogens with zero attached hydrogens (tertiary/aromatic N) is 3. The van der Waals surface area contributed by atoms with Gasteiger partial charge in [-0.15, -0.1) is 0 Å². The van der Waals surface area contributed by atoms with Gasteiger partial charge in [0.05, 0.1) is 17.1 Å². The smallest absolute Gasteiger partial charge is 0.224 e. The van der Waals surface area contributed by atoms with Crippen LogP contribution in [-0.2, 0) is 0 Å². The molecule has 0 fully saturated rings. The summed E-state index contributed by atoms with van der Waals surface area (Å²) in [6.45, 7) is 0. The summed E-state index contributed by atoms with van der Waals surface area (Å²) in [4.78, 5) is 12.5. The number of rotatable bonds is 4. The zero-order chi connectivity index (χ0) is 18.7. The highest BCUT2D eigenvalue weighted by Gasteiger charge is 2.10. The predicted molar refractivity (Wildman–Crippen MR) is 103 cm³/mol. The Balaban J connectivity index is 1.97. The van der Waals surface area contributed by atoms with Crippen molar-refractivity contribution in [2.75, 3.05) is 12.8 Å². The minimum atomic E-state index is 0.0240. The Bertz CT molecular complexity index is 992. The first-order valence-corrected chi connectivity index (χ1v) is 8.31. The van der Waals surface area contributed by atoms with Crippen LogP contribution in [0.5, 0.6) is 17.2 Å². The number of nitrogens with two attached hydrogens (primary N) is 1. The number of aromatic hydroxyl groups is 2. The maximum atomic E-state index is 9.97. The van der Waals surface area contributed by atoms with Gasteiger partial charge in [-0.3, -0.25) is 0 Å². The van der Waals surface area contributed by atoms with Gasteiger partial charge in [-0.25, -0.2) is 4.98 Å². The third kappa shape index (κ3) is 3.75. The van der Waals surface area contributed by atoms with Crippen molar-refractivity contribution in [1.29, 1.82) is 0 Å². The Labute approximate surface area is 158 Å². The molecule has 0 amide bonds. The van der Waals surface area contributed by atoms with Crippen molar-refractivity contribution in [3.63, 3.8) is 0 Å². The number of ether oxygens (including phenoxy) is 1. The van der Waals surface area contributed by atoms with E-state index < -0.39 is 0 Å². The van der Waals surface area contributed by atoms with E-state index in [4.69, 9.17) is 10.5 Å². The highest BCUT2D eigenvalue weighted by atomic mass is 79.9. The lowest BCUT2D eigenvalue weighted by atomic mass is 10.2. The van der Waals surface area contributed by atoms with E-state index in [1.807, 2.05) is 0 Å². The summed E-state index contributed by atoms with van der Waals surface area (Å²) >= 11 is 3.27. The lowest BCUT2D eigenvalue weighted by Gasteiger charge is -2.07. The monoisotopic (exact) mass is 414 g/mol. The Kier molecular flexibility index (Phi) is 5.04. The highest BCUT2D eigenvalue weighted by molar-refractivity contribution is 9.10. The van der Waals surface area contributed by atoms with Gasteiger partial charge in [0.15, 0.2) is 23.1 Å². The molecule has 0 saturated heterocycles. The number of aromatic nitrogens is 3. The zero-order valence-corrected chi connectivity index (χ0v) is 15.3. The molecule has 7 nitrogen and oxygen atoms in total. The molecular weight excluding hydrogens is 400 g/mol. The van der Waals surface area contributed by atoms with Gasteiger partial charge >= 0.3 is 0 Å². The first kappa shape index (κ1) is 17.7. The van der Waals surface area contributed by atoms with E-state index in [1.54, 1.807) is 48.6 Å². The lowest BCUT2D eigenvalue weighted by Crippen LogP contribution is -2.02. The molecule has 4 N–H and O–H groups in total. The molecule has 3 rings (SSSR count). The number of anilines is 1. The van der Waals surface area contributed by atoms with Crippen LogP contribution in [0, 0.1) is 0 Å². The molecular formula is C18H15BrN4O3. The van der Waals surface area contributed by atoms with E-state index in [2.05, 4.69) is 30.9 Å². The molecule has 0 unspecified atom stereocenters. The van der Waals surface area contributed by atoms with Gasteiger partial charge in [0.1, 0.15) is 5.75 Å². The van der Waals surface area contributed by atoms with Crippen LogP contribution in [0.4, 0.5) is 5.95 Å². The van der Waals surface area contributed by atoms with Crippen LogP contribution in [0.15, 0.2) is 40.9 Å². The SMILES string of the molecule is COc1cc(/C=C/c2nc(N)nc(-c3ccccc3O)n2)cc(Br)c1O. The molecule has 0 spiro atoms. The van der Waals surface area contributed by atoms with Gasteiger partial charge in [0.2, 0.25) is 5.95 Å². The van der Waals surface area contributed by atoms with Crippen molar-refractivity contribution in [3.8, 4) is 28.6 Å². The normalized spacial score (nSPS) is 11.0. The maximum Gasteiger partial charge on any atom is 0.224 e. The molecule has 1 aromatic heterocycles. The average molecular weight is 415 g/mol. The van der Waals surface area contributed by atoms with E-state index in [9.17, 15) is 10.2 Å². The van der Waals surface area contributed by atoms with Gasteiger partial charge in [-0.05, 0) is 51.8 Å². The Hall–Kier alpha value is -3.13. The van der Waals surface area contributed by atoms with Crippen LogP contribution in [-0.4, -0.2) is 32.3 Å². The number of benzene rings is 2. The summed E-state index contributed by atoms with van der Waals surface area (Å²) in [6, 6.07) is 10.1. The Morgan fingerprint density at radius 3 is 2.58 bits per heavy atom. The second-order valence-corrected chi connectivity index (χ2v) is 6.13. The number of phenolic OH excluding ortho intramolecular Hbond substituents is 2. The van der Waals surface area contributed by atoms with Gasteiger partial charge in [-0.2, -0.15) is 9.97 Å². The predicted octanol–water partition coefficient (Wildman–Crippen LogP) is 3.47. The van der Waals surface area contributed by atoms with E-state index in [0.29, 0.717) is 21.6 Å². The Morgan fingerprint density at radius 1 is 1.08 bits per heavy atom. The fraction of sp³-hybridized carbons (Fsp3) is 0.0556. The van der Waals surface area contributed by atoms with Crippen LogP contribution in [0.1, 0.15) is 11.4 Å². The minimum absolute atomic E-state index is 0.0240. The minimum Gasteiger partial charge on any atom is -0.507 e. The van der Waals surface area contributed by atoms with Crippen molar-refractivity contribution < 1.29 is 14.9 Å². The Morgan fingerprint density at radius 2 is 1.85 bits per heavy atom. The standard InChI is InChI=1S/C18H15BrN4O3/c1-26-14-9-10(8-12(19)16(14)25)6-7-15-21-17(23-18(20)22-15)11-4-2-3-5-13(11)24/h2-9,24-25H,1H3,(H2,20,21,22,23)/b7-6+. The second-order valence-electron chi connectivity index (χ2n) is 5.28. The molecule has 8 heteroatoms. The number of phenols is 2. The fourth-order valence-electron chi connectivity index (χ4n) is 2.28. The van der Waals surface area contributed by atoms with Crippen LogP contribution < -0.4 is 10.5 Å². The number of hydrogen-bond donors (Lipinski definition) is 3. The molecule has 0 aliphatic rings. The molecule has 0 aliphatic carbocycles. The van der Waals surface area contributed by atoms with Crippen LogP contribution >= 0.6 is 15.9 Å². The van der Waals surface area contributed by atoms with Crippen molar-refractivity contribution in [1.82, 2.24) is 15.0 Å². The topological polar surface area (TPSA) is 114 Å². The molecule has 0 radical (unpaired) electrons. The number of nitrogen functional groups attached to an aromatic ring is 1. The number of methoxy groups -OCH3 is 1. The molecule has 0 bridgehead atoms. The quantitative estimate of drug-likeness (QED) is 0.598. The van der Waals surface area contributed by atoms with Crippen LogP contribution in [0.25, 0.3) is 23.5 Å². The van der Waals surface area contributed by atoms with Crippen LogP contribution in [0.2, 0.25) is 0 Å². The van der Waals surface area contributed by atoms with E-state index in [1.165, 1.54) is 7.11 Å². The maximum absolute atomic E-state index is 9.97. The third-order valence-corrected chi connectivity index (χ3v) is 4.11. The molecule has 1 heterocycles. The van der Waals surface area contributed by atoms with E-state index in [-0.39, 0.29) is 23.3 Å². The summed E-state index contributed by atoms with van der Waals surface area (Å²) in [5.41, 5.74) is 6.99. The molecule has 132 valence electrons. The first-order chi connectivity index (χ1) is 12.5. The second kappa shape index (κ2) is 7.40. The van der Waals surface area contributed by atoms with Crippen molar-refractivity contribution >= 4 is 34.0 Å². The third-order valence-electron chi connectivity index (χ3n) is 3.51. The molecule has 0 aliphatic heterocycles. The van der Waals surface area contributed by atoms with Crippen molar-refractivity contribution in [3.05, 3.63) is 52.3 Å². The van der Waals surface area contributed by atoms with E-state index >= 15 is 0 Å². The zero-order valence-electron chi connectivity index (χ0n) is 13.7. The van der Waals surface area contributed by atoms with Crippen molar-refractivity contribution in [2.24, 2.45) is 0 Å². The summed E-state index contributed by atoms with van der Waals surface area (Å²) in [5.74, 6) is 1.07. The summed E-state index contributed by atoms with van der Waals surface area (Å²) in [5, 5.41) is 19.8. The molecule has 0 atom stereocenters. The van der Waals surface area contributed by atoms with Gasteiger partial charge in [-0.1, -0.05) is 18.2 Å². The summed E-state index contributed by atoms with van der Waals surface area (Å²) < 4.78 is 5.63. The van der Waals surface area contributed by atoms with Gasteiger partial charge < -0.3 is 20.7 Å². The fourth-order valence-corrected chi connectivity index (χ4v) is 2.74. The van der Waals surface area contributed by atoms with Gasteiger partial charge in [0, 0.05) is 0 Å². The first-order valence-electron chi connectivity index (χ1n) is 7.52. The highest BCUT2D eigenvalue weighted by Crippen LogP contribution is 2.35.